The molecule has 0 bridgehead atoms. The Morgan fingerprint density at radius 1 is 1.05 bits per heavy atom. The number of rotatable bonds is 7. The number of carbonyl (C=O) groups excluding carboxylic acids is 2. The normalized spacial score (nSPS) is 8.95. The first kappa shape index (κ1) is 17.0. The molecule has 0 N–H and O–H groups in total. The van der Waals surface area contributed by atoms with Crippen LogP contribution in [0.5, 0.6) is 0 Å². The summed E-state index contributed by atoms with van der Waals surface area (Å²) >= 11 is 0. The van der Waals surface area contributed by atoms with Crippen molar-refractivity contribution >= 4 is 11.8 Å². The molecule has 0 aliphatic rings. The van der Waals surface area contributed by atoms with Crippen LogP contribution in [0.25, 0.3) is 0 Å². The topological polar surface area (TPSA) is 40.6 Å². The Kier molecular flexibility index (Phi) is 8.90. The fourth-order valence-corrected chi connectivity index (χ4v) is 1.45. The molecule has 0 unspecified atom stereocenters. The molecule has 0 radical (unpaired) electrons. The van der Waals surface area contributed by atoms with E-state index >= 15 is 0 Å². The first-order chi connectivity index (χ1) is 9.10. The third-order valence-corrected chi connectivity index (χ3v) is 2.35. The number of carbonyl (C=O) groups is 2. The molecule has 104 valence electrons. The smallest absolute Gasteiger partial charge is 0.257 e. The molecule has 0 atom stereocenters. The molecule has 4 nitrogen and oxygen atoms in total. The van der Waals surface area contributed by atoms with Gasteiger partial charge in [-0.25, -0.2) is 0 Å². The van der Waals surface area contributed by atoms with Crippen LogP contribution in [0.1, 0.15) is 26.7 Å². The van der Waals surface area contributed by atoms with E-state index in [4.69, 9.17) is 0 Å². The first-order valence-corrected chi connectivity index (χ1v) is 6.44. The maximum absolute atomic E-state index is 11.5. The largest absolute Gasteiger partial charge is 0.328 e. The third kappa shape index (κ3) is 6.46. The van der Waals surface area contributed by atoms with Crippen LogP contribution in [-0.2, 0) is 9.59 Å². The van der Waals surface area contributed by atoms with Gasteiger partial charge in [0.15, 0.2) is 0 Å². The van der Waals surface area contributed by atoms with Crippen LogP contribution < -0.4 is 0 Å². The number of amides is 2. The summed E-state index contributed by atoms with van der Waals surface area (Å²) in [5, 5.41) is 0. The van der Waals surface area contributed by atoms with Crippen molar-refractivity contribution in [3.8, 4) is 12.0 Å². The Hall–Kier alpha value is -2.02. The predicted molar refractivity (Wildman–Crippen MR) is 77.0 cm³/mol. The second-order valence-electron chi connectivity index (χ2n) is 3.95. The van der Waals surface area contributed by atoms with Gasteiger partial charge in [-0.2, -0.15) is 0 Å². The fourth-order valence-electron chi connectivity index (χ4n) is 1.45. The zero-order valence-electron chi connectivity index (χ0n) is 11.8. The lowest BCUT2D eigenvalue weighted by Gasteiger charge is -2.17. The Morgan fingerprint density at radius 2 is 1.63 bits per heavy atom. The Labute approximate surface area is 115 Å². The van der Waals surface area contributed by atoms with E-state index in [-0.39, 0.29) is 11.8 Å². The van der Waals surface area contributed by atoms with Crippen LogP contribution >= 0.6 is 0 Å². The van der Waals surface area contributed by atoms with Gasteiger partial charge < -0.3 is 4.90 Å². The van der Waals surface area contributed by atoms with Gasteiger partial charge in [0.1, 0.15) is 0 Å². The molecule has 0 saturated heterocycles. The van der Waals surface area contributed by atoms with Gasteiger partial charge in [-0.1, -0.05) is 32.9 Å². The summed E-state index contributed by atoms with van der Waals surface area (Å²) in [7, 11) is 0. The lowest BCUT2D eigenvalue weighted by molar-refractivity contribution is -0.125. The van der Waals surface area contributed by atoms with Gasteiger partial charge in [0.2, 0.25) is 5.91 Å². The second-order valence-corrected chi connectivity index (χ2v) is 3.95. The molecule has 0 heterocycles. The maximum atomic E-state index is 11.5. The van der Waals surface area contributed by atoms with Gasteiger partial charge >= 0.3 is 0 Å². The third-order valence-electron chi connectivity index (χ3n) is 2.35. The Morgan fingerprint density at radius 3 is 2.11 bits per heavy atom. The van der Waals surface area contributed by atoms with Gasteiger partial charge in [0.25, 0.3) is 5.91 Å². The first-order valence-electron chi connectivity index (χ1n) is 6.44. The van der Waals surface area contributed by atoms with Crippen LogP contribution in [-0.4, -0.2) is 41.2 Å². The highest BCUT2D eigenvalue weighted by Gasteiger charge is 2.08. The minimum absolute atomic E-state index is 0.145. The molecule has 2 amide bonds. The zero-order valence-corrected chi connectivity index (χ0v) is 11.8. The van der Waals surface area contributed by atoms with Crippen molar-refractivity contribution in [2.75, 3.05) is 19.6 Å². The molecule has 19 heavy (non-hydrogen) atoms. The summed E-state index contributed by atoms with van der Waals surface area (Å²) in [6.07, 6.45) is 4.18. The van der Waals surface area contributed by atoms with Crippen molar-refractivity contribution in [1.82, 2.24) is 9.80 Å². The molecule has 4 heteroatoms. The quantitative estimate of drug-likeness (QED) is 0.399. The lowest BCUT2D eigenvalue weighted by atomic mass is 10.3. The molecule has 0 aliphatic carbocycles. The highest BCUT2D eigenvalue weighted by atomic mass is 16.2. The van der Waals surface area contributed by atoms with Crippen LogP contribution in [0.4, 0.5) is 0 Å². The fraction of sp³-hybridized carbons (Fsp3) is 0.467. The standard InChI is InChI=1S/C15H22N2O2/c1-5-10-16(14(18)7-3)12-9-13-17(11-6-2)15(19)8-4/h7-8H,3-6,10-12H2,1-2H3. The van der Waals surface area contributed by atoms with E-state index in [0.29, 0.717) is 19.6 Å². The number of hydrogen-bond donors (Lipinski definition) is 0. The molecular weight excluding hydrogens is 240 g/mol. The van der Waals surface area contributed by atoms with Gasteiger partial charge in [-0.3, -0.25) is 14.5 Å². The minimum atomic E-state index is -0.216. The molecule has 0 fully saturated rings. The summed E-state index contributed by atoms with van der Waals surface area (Å²) in [6, 6.07) is 2.77. The van der Waals surface area contributed by atoms with Gasteiger partial charge in [0.05, 0.1) is 6.54 Å². The highest BCUT2D eigenvalue weighted by Crippen LogP contribution is 1.94. The van der Waals surface area contributed by atoms with E-state index in [1.165, 1.54) is 17.1 Å². The van der Waals surface area contributed by atoms with Gasteiger partial charge in [0, 0.05) is 19.1 Å². The predicted octanol–water partition coefficient (Wildman–Crippen LogP) is 1.80. The van der Waals surface area contributed by atoms with E-state index in [0.717, 1.165) is 12.8 Å². The summed E-state index contributed by atoms with van der Waals surface area (Å²) in [6.45, 7) is 12.3. The second kappa shape index (κ2) is 9.95. The van der Waals surface area contributed by atoms with Crippen molar-refractivity contribution in [1.29, 1.82) is 0 Å². The summed E-state index contributed by atoms with van der Waals surface area (Å²) in [5.41, 5.74) is 0. The summed E-state index contributed by atoms with van der Waals surface area (Å²) in [5.74, 6) is 2.49. The van der Waals surface area contributed by atoms with E-state index in [2.05, 4.69) is 25.1 Å². The van der Waals surface area contributed by atoms with E-state index in [1.807, 2.05) is 13.8 Å². The van der Waals surface area contributed by atoms with Crippen molar-refractivity contribution in [2.24, 2.45) is 0 Å². The molecular formula is C15H22N2O2. The van der Waals surface area contributed by atoms with Crippen molar-refractivity contribution in [3.05, 3.63) is 25.3 Å². The van der Waals surface area contributed by atoms with Crippen LogP contribution in [0.3, 0.4) is 0 Å². The van der Waals surface area contributed by atoms with Gasteiger partial charge in [-0.05, 0) is 25.0 Å². The average Bonchev–Trinajstić information content (AvgIpc) is 2.43. The molecule has 0 spiro atoms. The minimum Gasteiger partial charge on any atom is -0.328 e. The average molecular weight is 262 g/mol. The lowest BCUT2D eigenvalue weighted by Crippen LogP contribution is -2.31. The monoisotopic (exact) mass is 262 g/mol. The van der Waals surface area contributed by atoms with Gasteiger partial charge in [-0.15, -0.1) is 0 Å². The summed E-state index contributed by atoms with van der Waals surface area (Å²) in [4.78, 5) is 26.1. The Balaban J connectivity index is 4.67. The molecule has 0 aliphatic heterocycles. The number of hydrogen-bond acceptors (Lipinski definition) is 2. The molecule has 0 rings (SSSR count). The number of nitrogens with zero attached hydrogens (tertiary/aromatic N) is 2. The van der Waals surface area contributed by atoms with E-state index in [9.17, 15) is 9.59 Å². The Bertz CT molecular complexity index is 391. The van der Waals surface area contributed by atoms with E-state index in [1.54, 1.807) is 4.90 Å². The summed E-state index contributed by atoms with van der Waals surface area (Å²) < 4.78 is 0. The molecule has 0 aromatic carbocycles. The maximum Gasteiger partial charge on any atom is 0.257 e. The zero-order chi connectivity index (χ0) is 14.7. The van der Waals surface area contributed by atoms with Crippen molar-refractivity contribution in [2.45, 2.75) is 26.7 Å². The van der Waals surface area contributed by atoms with E-state index < -0.39 is 0 Å². The highest BCUT2D eigenvalue weighted by molar-refractivity contribution is 5.88. The van der Waals surface area contributed by atoms with Crippen molar-refractivity contribution in [3.63, 3.8) is 0 Å². The van der Waals surface area contributed by atoms with Crippen LogP contribution in [0.15, 0.2) is 25.3 Å². The molecule has 0 aromatic rings. The van der Waals surface area contributed by atoms with Crippen molar-refractivity contribution < 1.29 is 9.59 Å². The van der Waals surface area contributed by atoms with Crippen LogP contribution in [0.2, 0.25) is 0 Å². The van der Waals surface area contributed by atoms with Crippen LogP contribution in [0, 0.1) is 12.0 Å². The molecule has 0 saturated carbocycles. The SMILES string of the molecule is C=CC(=O)N(C#CCN(CCC)C(=O)C=C)CCC. The molecule has 0 aromatic heterocycles.